The van der Waals surface area contributed by atoms with Crippen LogP contribution in [-0.2, 0) is 9.59 Å². The lowest BCUT2D eigenvalue weighted by atomic mass is 9.83. The van der Waals surface area contributed by atoms with E-state index in [2.05, 4.69) is 0 Å². The van der Waals surface area contributed by atoms with Crippen LogP contribution in [0.3, 0.4) is 0 Å². The molecule has 0 aromatic rings. The first kappa shape index (κ1) is 20.4. The number of carboxylic acids is 2. The van der Waals surface area contributed by atoms with Gasteiger partial charge in [0, 0.05) is 0 Å². The maximum Gasteiger partial charge on any atom is 0.321 e. The first-order chi connectivity index (χ1) is 9.26. The number of halogens is 2. The average Bonchev–Trinajstić information content (AvgIpc) is 2.38. The second-order valence-electron chi connectivity index (χ2n) is 5.13. The molecule has 0 heterocycles. The summed E-state index contributed by atoms with van der Waals surface area (Å²) < 4.78 is -2.50. The molecule has 0 saturated carbocycles. The van der Waals surface area contributed by atoms with Gasteiger partial charge in [0.25, 0.3) is 0 Å². The van der Waals surface area contributed by atoms with Gasteiger partial charge in [-0.2, -0.15) is 0 Å². The van der Waals surface area contributed by atoms with E-state index in [1.165, 1.54) is 0 Å². The number of hydrogen-bond acceptors (Lipinski definition) is 2. The van der Waals surface area contributed by atoms with E-state index in [9.17, 15) is 19.8 Å². The van der Waals surface area contributed by atoms with Crippen LogP contribution >= 0.6 is 45.2 Å². The van der Waals surface area contributed by atoms with E-state index in [1.54, 1.807) is 0 Å². The molecule has 2 N–H and O–H groups in total. The third-order valence-corrected chi connectivity index (χ3v) is 8.43. The average molecular weight is 510 g/mol. The van der Waals surface area contributed by atoms with Gasteiger partial charge >= 0.3 is 11.9 Å². The number of aliphatic carboxylic acids is 2. The van der Waals surface area contributed by atoms with Gasteiger partial charge in [0.05, 0.1) is 0 Å². The molecule has 4 nitrogen and oxygen atoms in total. The van der Waals surface area contributed by atoms with Crippen molar-refractivity contribution in [1.82, 2.24) is 0 Å². The molecule has 0 aliphatic rings. The zero-order chi connectivity index (χ0) is 15.8. The molecule has 0 aromatic carbocycles. The van der Waals surface area contributed by atoms with Crippen LogP contribution in [0.25, 0.3) is 0 Å². The van der Waals surface area contributed by atoms with E-state index in [0.717, 1.165) is 38.5 Å². The van der Waals surface area contributed by atoms with E-state index in [4.69, 9.17) is 0 Å². The Morgan fingerprint density at radius 2 is 1.10 bits per heavy atom. The molecule has 0 amide bonds. The van der Waals surface area contributed by atoms with Gasteiger partial charge in [-0.3, -0.25) is 9.59 Å². The zero-order valence-electron chi connectivity index (χ0n) is 12.1. The molecule has 2 atom stereocenters. The van der Waals surface area contributed by atoms with Crippen molar-refractivity contribution in [2.45, 2.75) is 72.1 Å². The SMILES string of the molecule is CCCCCC(I)(C(=O)O)C(I)(CCCCC)C(=O)O. The Labute approximate surface area is 148 Å². The lowest BCUT2D eigenvalue weighted by Crippen LogP contribution is -2.55. The summed E-state index contributed by atoms with van der Waals surface area (Å²) in [5.74, 6) is -2.02. The predicted molar refractivity (Wildman–Crippen MR) is 97.1 cm³/mol. The fraction of sp³-hybridized carbons (Fsp3) is 0.857. The molecular formula is C14H24I2O4. The number of carbonyl (C=O) groups is 2. The molecule has 0 fully saturated rings. The molecule has 118 valence electrons. The normalized spacial score (nSPS) is 17.2. The van der Waals surface area contributed by atoms with Gasteiger partial charge in [0.2, 0.25) is 0 Å². The summed E-state index contributed by atoms with van der Waals surface area (Å²) in [5, 5.41) is 19.2. The quantitative estimate of drug-likeness (QED) is 0.241. The van der Waals surface area contributed by atoms with Gasteiger partial charge in [-0.1, -0.05) is 97.6 Å². The Balaban J connectivity index is 5.21. The minimum Gasteiger partial charge on any atom is -0.480 e. The van der Waals surface area contributed by atoms with E-state index in [1.807, 2.05) is 59.0 Å². The van der Waals surface area contributed by atoms with Gasteiger partial charge < -0.3 is 10.2 Å². The van der Waals surface area contributed by atoms with Crippen molar-refractivity contribution >= 4 is 57.1 Å². The van der Waals surface area contributed by atoms with E-state index in [0.29, 0.717) is 12.8 Å². The second-order valence-corrected chi connectivity index (χ2v) is 8.81. The van der Waals surface area contributed by atoms with Crippen molar-refractivity contribution in [2.24, 2.45) is 0 Å². The van der Waals surface area contributed by atoms with Crippen LogP contribution in [0.2, 0.25) is 0 Å². The van der Waals surface area contributed by atoms with Crippen molar-refractivity contribution in [3.8, 4) is 0 Å². The van der Waals surface area contributed by atoms with E-state index in [-0.39, 0.29) is 0 Å². The predicted octanol–water partition coefficient (Wildman–Crippen LogP) is 4.66. The first-order valence-electron chi connectivity index (χ1n) is 7.10. The zero-order valence-corrected chi connectivity index (χ0v) is 16.4. The summed E-state index contributed by atoms with van der Waals surface area (Å²) in [5.41, 5.74) is 0. The van der Waals surface area contributed by atoms with Crippen LogP contribution in [-0.4, -0.2) is 29.0 Å². The Hall–Kier alpha value is 0.400. The molecule has 0 spiro atoms. The van der Waals surface area contributed by atoms with Crippen LogP contribution < -0.4 is 0 Å². The Morgan fingerprint density at radius 1 is 0.800 bits per heavy atom. The fourth-order valence-corrected chi connectivity index (χ4v) is 3.95. The number of carboxylic acid groups (broad SMARTS) is 2. The molecule has 0 radical (unpaired) electrons. The molecule has 20 heavy (non-hydrogen) atoms. The molecule has 0 saturated heterocycles. The largest absolute Gasteiger partial charge is 0.480 e. The third-order valence-electron chi connectivity index (χ3n) is 3.56. The Bertz CT molecular complexity index is 303. The van der Waals surface area contributed by atoms with Gasteiger partial charge in [0.15, 0.2) is 0 Å². The lowest BCUT2D eigenvalue weighted by Gasteiger charge is -2.37. The Kier molecular flexibility index (Phi) is 9.61. The monoisotopic (exact) mass is 510 g/mol. The summed E-state index contributed by atoms with van der Waals surface area (Å²) in [7, 11) is 0. The maximum absolute atomic E-state index is 11.7. The molecule has 0 aliphatic carbocycles. The smallest absolute Gasteiger partial charge is 0.321 e. The highest BCUT2D eigenvalue weighted by molar-refractivity contribution is 14.1. The number of rotatable bonds is 11. The van der Waals surface area contributed by atoms with Gasteiger partial charge in [-0.25, -0.2) is 0 Å². The summed E-state index contributed by atoms with van der Waals surface area (Å²) in [6.07, 6.45) is 6.14. The summed E-state index contributed by atoms with van der Waals surface area (Å²) in [6.45, 7) is 4.09. The third kappa shape index (κ3) is 4.99. The maximum atomic E-state index is 11.7. The van der Waals surface area contributed by atoms with Crippen LogP contribution in [0.5, 0.6) is 0 Å². The van der Waals surface area contributed by atoms with Crippen LogP contribution in [0.15, 0.2) is 0 Å². The van der Waals surface area contributed by atoms with Crippen molar-refractivity contribution < 1.29 is 19.8 Å². The van der Waals surface area contributed by atoms with Crippen molar-refractivity contribution in [1.29, 1.82) is 0 Å². The van der Waals surface area contributed by atoms with E-state index >= 15 is 0 Å². The molecule has 6 heteroatoms. The van der Waals surface area contributed by atoms with Crippen molar-refractivity contribution in [2.75, 3.05) is 0 Å². The minimum atomic E-state index is -1.25. The Morgan fingerprint density at radius 3 is 1.30 bits per heavy atom. The standard InChI is InChI=1S/C14H24I2O4/c1-3-5-7-9-13(15,11(17)18)14(16,12(19)20)10-8-6-4-2/h3-10H2,1-2H3,(H,17,18)(H,19,20). The minimum absolute atomic E-state index is 0.401. The van der Waals surface area contributed by atoms with Crippen LogP contribution in [0, 0.1) is 0 Å². The van der Waals surface area contributed by atoms with E-state index < -0.39 is 18.8 Å². The van der Waals surface area contributed by atoms with Crippen LogP contribution in [0.1, 0.15) is 65.2 Å². The van der Waals surface area contributed by atoms with Crippen molar-refractivity contribution in [3.63, 3.8) is 0 Å². The van der Waals surface area contributed by atoms with Crippen LogP contribution in [0.4, 0.5) is 0 Å². The molecule has 0 rings (SSSR count). The molecular weight excluding hydrogens is 486 g/mol. The number of hydrogen-bond donors (Lipinski definition) is 2. The number of unbranched alkanes of at least 4 members (excludes halogenated alkanes) is 4. The topological polar surface area (TPSA) is 74.6 Å². The van der Waals surface area contributed by atoms with Gasteiger partial charge in [-0.05, 0) is 12.8 Å². The fourth-order valence-electron chi connectivity index (χ4n) is 2.19. The second kappa shape index (κ2) is 9.42. The summed E-state index contributed by atoms with van der Waals surface area (Å²) in [4.78, 5) is 23.4. The molecule has 2 unspecified atom stereocenters. The van der Waals surface area contributed by atoms with Crippen molar-refractivity contribution in [3.05, 3.63) is 0 Å². The summed E-state index contributed by atoms with van der Waals surface area (Å²) in [6, 6.07) is 0. The first-order valence-corrected chi connectivity index (χ1v) is 9.26. The summed E-state index contributed by atoms with van der Waals surface area (Å²) >= 11 is 3.72. The molecule has 0 aromatic heterocycles. The highest BCUT2D eigenvalue weighted by atomic mass is 127. The number of alkyl halides is 2. The van der Waals surface area contributed by atoms with Gasteiger partial charge in [0.1, 0.15) is 6.84 Å². The highest BCUT2D eigenvalue weighted by Gasteiger charge is 2.58. The molecule has 0 aliphatic heterocycles. The lowest BCUT2D eigenvalue weighted by molar-refractivity contribution is -0.148. The molecule has 0 bridgehead atoms. The highest BCUT2D eigenvalue weighted by Crippen LogP contribution is 2.47. The van der Waals surface area contributed by atoms with Gasteiger partial charge in [-0.15, -0.1) is 0 Å².